The molecule has 0 bridgehead atoms. The second kappa shape index (κ2) is 7.72. The van der Waals surface area contributed by atoms with E-state index in [4.69, 9.17) is 10.7 Å². The maximum Gasteiger partial charge on any atom is 0.223 e. The molecule has 0 radical (unpaired) electrons. The Morgan fingerprint density at radius 3 is 2.71 bits per heavy atom. The molecule has 6 heteroatoms. The van der Waals surface area contributed by atoms with E-state index in [2.05, 4.69) is 16.9 Å². The first-order valence-electron chi connectivity index (χ1n) is 9.94. The highest BCUT2D eigenvalue weighted by atomic mass is 16.1. The van der Waals surface area contributed by atoms with E-state index >= 15 is 0 Å². The number of likely N-dealkylation sites (tertiary alicyclic amines) is 1. The molecule has 1 aliphatic heterocycles. The van der Waals surface area contributed by atoms with E-state index in [1.807, 2.05) is 53.4 Å². The Kier molecular flexibility index (Phi) is 5.13. The van der Waals surface area contributed by atoms with Gasteiger partial charge in [-0.2, -0.15) is 0 Å². The van der Waals surface area contributed by atoms with Gasteiger partial charge in [-0.1, -0.05) is 18.2 Å². The monoisotopic (exact) mass is 377 g/mol. The Hall–Kier alpha value is -2.73. The highest BCUT2D eigenvalue weighted by Crippen LogP contribution is 2.36. The number of nitrogens with zero attached hydrogens (tertiary/aromatic N) is 4. The number of hydrogen-bond acceptors (Lipinski definition) is 4. The number of para-hydroxylation sites is 2. The van der Waals surface area contributed by atoms with E-state index in [1.165, 1.54) is 0 Å². The lowest BCUT2D eigenvalue weighted by atomic mass is 9.74. The quantitative estimate of drug-likeness (QED) is 0.716. The summed E-state index contributed by atoms with van der Waals surface area (Å²) in [5, 5.41) is 0. The van der Waals surface area contributed by atoms with Crippen molar-refractivity contribution < 1.29 is 4.79 Å². The molecule has 1 aromatic carbocycles. The van der Waals surface area contributed by atoms with E-state index in [1.54, 1.807) is 0 Å². The van der Waals surface area contributed by atoms with Crippen LogP contribution >= 0.6 is 0 Å². The minimum atomic E-state index is -0.356. The highest BCUT2D eigenvalue weighted by molar-refractivity contribution is 5.81. The molecule has 1 saturated heterocycles. The summed E-state index contributed by atoms with van der Waals surface area (Å²) in [6.45, 7) is 1.87. The highest BCUT2D eigenvalue weighted by Gasteiger charge is 2.38. The van der Waals surface area contributed by atoms with Crippen LogP contribution in [0.1, 0.15) is 31.4 Å². The average molecular weight is 377 g/mol. The third-order valence-corrected chi connectivity index (χ3v) is 6.05. The van der Waals surface area contributed by atoms with Crippen molar-refractivity contribution in [2.75, 3.05) is 20.1 Å². The van der Waals surface area contributed by atoms with Crippen molar-refractivity contribution in [3.05, 3.63) is 54.5 Å². The van der Waals surface area contributed by atoms with Crippen molar-refractivity contribution in [2.24, 2.45) is 11.1 Å². The van der Waals surface area contributed by atoms with Gasteiger partial charge in [0.25, 0.3) is 0 Å². The van der Waals surface area contributed by atoms with Crippen molar-refractivity contribution in [2.45, 2.75) is 32.1 Å². The Labute approximate surface area is 165 Å². The number of piperidine rings is 1. The zero-order chi connectivity index (χ0) is 19.6. The summed E-state index contributed by atoms with van der Waals surface area (Å²) in [6.07, 6.45) is 6.10. The van der Waals surface area contributed by atoms with Crippen LogP contribution in [-0.2, 0) is 11.2 Å². The molecule has 6 nitrogen and oxygen atoms in total. The molecule has 28 heavy (non-hydrogen) atoms. The van der Waals surface area contributed by atoms with E-state index in [0.29, 0.717) is 0 Å². The topological polar surface area (TPSA) is 77.0 Å². The van der Waals surface area contributed by atoms with E-state index in [0.717, 1.165) is 67.7 Å². The Morgan fingerprint density at radius 2 is 1.93 bits per heavy atom. The van der Waals surface area contributed by atoms with E-state index in [-0.39, 0.29) is 11.3 Å². The van der Waals surface area contributed by atoms with Crippen LogP contribution in [0.15, 0.2) is 48.8 Å². The molecule has 2 aromatic heterocycles. The molecular formula is C22H27N5O. The summed E-state index contributed by atoms with van der Waals surface area (Å²) >= 11 is 0. The van der Waals surface area contributed by atoms with Gasteiger partial charge in [-0.25, -0.2) is 9.97 Å². The van der Waals surface area contributed by atoms with Gasteiger partial charge in [0.1, 0.15) is 12.1 Å². The minimum Gasteiger partial charge on any atom is -0.369 e. The second-order valence-corrected chi connectivity index (χ2v) is 7.89. The number of fused-ring (bicyclic) bond motifs is 1. The number of pyridine rings is 1. The minimum absolute atomic E-state index is 0.146. The molecule has 0 unspecified atom stereocenters. The van der Waals surface area contributed by atoms with Crippen LogP contribution in [0, 0.1) is 5.41 Å². The zero-order valence-electron chi connectivity index (χ0n) is 16.3. The molecule has 4 rings (SSSR count). The smallest absolute Gasteiger partial charge is 0.223 e. The van der Waals surface area contributed by atoms with Gasteiger partial charge in [0, 0.05) is 5.69 Å². The van der Waals surface area contributed by atoms with Gasteiger partial charge in [0.15, 0.2) is 0 Å². The normalized spacial score (nSPS) is 17.0. The molecule has 0 saturated carbocycles. The van der Waals surface area contributed by atoms with Gasteiger partial charge in [-0.3, -0.25) is 9.36 Å². The SMILES string of the molecule is CN1CCC(CCCc2cccc(-n3cnc4ccccc43)n2)(C(N)=O)CC1. The first-order valence-corrected chi connectivity index (χ1v) is 9.94. The van der Waals surface area contributed by atoms with Crippen LogP contribution < -0.4 is 5.73 Å². The third-order valence-electron chi connectivity index (χ3n) is 6.05. The van der Waals surface area contributed by atoms with Crippen LogP contribution in [-0.4, -0.2) is 45.5 Å². The molecule has 0 atom stereocenters. The molecule has 0 aliphatic carbocycles. The molecule has 1 fully saturated rings. The summed E-state index contributed by atoms with van der Waals surface area (Å²) in [4.78, 5) is 23.7. The maximum atomic E-state index is 12.1. The maximum absolute atomic E-state index is 12.1. The van der Waals surface area contributed by atoms with Crippen molar-refractivity contribution in [3.63, 3.8) is 0 Å². The molecule has 1 aliphatic rings. The van der Waals surface area contributed by atoms with Crippen LogP contribution in [0.3, 0.4) is 0 Å². The number of aryl methyl sites for hydroxylation is 1. The summed E-state index contributed by atoms with van der Waals surface area (Å²) < 4.78 is 2.01. The van der Waals surface area contributed by atoms with Crippen molar-refractivity contribution >= 4 is 16.9 Å². The lowest BCUT2D eigenvalue weighted by Gasteiger charge is -2.38. The summed E-state index contributed by atoms with van der Waals surface area (Å²) in [7, 11) is 2.10. The fourth-order valence-electron chi connectivity index (χ4n) is 4.16. The van der Waals surface area contributed by atoms with Crippen molar-refractivity contribution in [3.8, 4) is 5.82 Å². The van der Waals surface area contributed by atoms with E-state index < -0.39 is 0 Å². The number of imidazole rings is 1. The number of benzene rings is 1. The Bertz CT molecular complexity index is 972. The first-order chi connectivity index (χ1) is 13.6. The fourth-order valence-corrected chi connectivity index (χ4v) is 4.16. The van der Waals surface area contributed by atoms with Crippen molar-refractivity contribution in [1.82, 2.24) is 19.4 Å². The van der Waals surface area contributed by atoms with Gasteiger partial charge in [0.2, 0.25) is 5.91 Å². The fraction of sp³-hybridized carbons (Fsp3) is 0.409. The average Bonchev–Trinajstić information content (AvgIpc) is 3.14. The molecule has 0 spiro atoms. The van der Waals surface area contributed by atoms with Gasteiger partial charge >= 0.3 is 0 Å². The lowest BCUT2D eigenvalue weighted by molar-refractivity contribution is -0.130. The number of nitrogens with two attached hydrogens (primary N) is 1. The number of rotatable bonds is 6. The van der Waals surface area contributed by atoms with Gasteiger partial charge in [0.05, 0.1) is 16.4 Å². The van der Waals surface area contributed by atoms with Gasteiger partial charge < -0.3 is 10.6 Å². The Balaban J connectivity index is 1.46. The number of aromatic nitrogens is 3. The molecule has 2 N–H and O–H groups in total. The third kappa shape index (κ3) is 3.64. The zero-order valence-corrected chi connectivity index (χ0v) is 16.3. The number of primary amides is 1. The summed E-state index contributed by atoms with van der Waals surface area (Å²) in [6, 6.07) is 14.1. The van der Waals surface area contributed by atoms with Crippen LogP contribution in [0.5, 0.6) is 0 Å². The summed E-state index contributed by atoms with van der Waals surface area (Å²) in [5.41, 5.74) is 8.46. The van der Waals surface area contributed by atoms with E-state index in [9.17, 15) is 4.79 Å². The van der Waals surface area contributed by atoms with Crippen LogP contribution in [0.25, 0.3) is 16.9 Å². The molecule has 1 amide bonds. The van der Waals surface area contributed by atoms with Crippen molar-refractivity contribution in [1.29, 1.82) is 0 Å². The predicted molar refractivity (Wildman–Crippen MR) is 110 cm³/mol. The number of amides is 1. The number of hydrogen-bond donors (Lipinski definition) is 1. The van der Waals surface area contributed by atoms with Crippen LogP contribution in [0.2, 0.25) is 0 Å². The van der Waals surface area contributed by atoms with Gasteiger partial charge in [-0.15, -0.1) is 0 Å². The number of carbonyl (C=O) groups is 1. The van der Waals surface area contributed by atoms with Gasteiger partial charge in [-0.05, 0) is 76.5 Å². The second-order valence-electron chi connectivity index (χ2n) is 7.89. The molecule has 3 heterocycles. The predicted octanol–water partition coefficient (Wildman–Crippen LogP) is 2.94. The molecular weight excluding hydrogens is 350 g/mol. The Morgan fingerprint density at radius 1 is 1.14 bits per heavy atom. The first kappa shape index (κ1) is 18.6. The molecule has 3 aromatic rings. The summed E-state index contributed by atoms with van der Waals surface area (Å²) in [5.74, 6) is 0.724. The standard InChI is InChI=1S/C22H27N5O/c1-26-14-12-22(13-15-26,21(23)28)11-5-7-17-6-4-10-20(25-17)27-16-24-18-8-2-3-9-19(18)27/h2-4,6,8-10,16H,5,7,11-15H2,1H3,(H2,23,28). The lowest BCUT2D eigenvalue weighted by Crippen LogP contribution is -2.46. The largest absolute Gasteiger partial charge is 0.369 e. The molecule has 146 valence electrons. The number of carbonyl (C=O) groups excluding carboxylic acids is 1. The van der Waals surface area contributed by atoms with Crippen LogP contribution in [0.4, 0.5) is 0 Å².